The van der Waals surface area contributed by atoms with Gasteiger partial charge in [0.05, 0.1) is 23.7 Å². The first-order chi connectivity index (χ1) is 14.0. The molecule has 1 aliphatic rings. The molecule has 0 fully saturated rings. The molecule has 2 amide bonds. The Morgan fingerprint density at radius 2 is 2.07 bits per heavy atom. The fourth-order valence-electron chi connectivity index (χ4n) is 3.10. The van der Waals surface area contributed by atoms with E-state index in [-0.39, 0.29) is 30.2 Å². The Labute approximate surface area is 174 Å². The van der Waals surface area contributed by atoms with Crippen LogP contribution in [0.4, 0.5) is 5.69 Å². The molecule has 0 spiro atoms. The fraction of sp³-hybridized carbons (Fsp3) is 0.500. The van der Waals surface area contributed by atoms with E-state index in [2.05, 4.69) is 15.5 Å². The van der Waals surface area contributed by atoms with Gasteiger partial charge in [0.25, 0.3) is 5.91 Å². The SMILES string of the molecule is CCC(CC)NC(=O)C1CN(C(=O)CSCc2noc(C)n2)c2ccccc2O1. The third-order valence-electron chi connectivity index (χ3n) is 4.73. The van der Waals surface area contributed by atoms with Gasteiger partial charge in [0, 0.05) is 13.0 Å². The van der Waals surface area contributed by atoms with E-state index in [1.807, 2.05) is 32.0 Å². The van der Waals surface area contributed by atoms with Gasteiger partial charge in [-0.1, -0.05) is 31.1 Å². The number of amides is 2. The molecule has 8 nitrogen and oxygen atoms in total. The van der Waals surface area contributed by atoms with Gasteiger partial charge < -0.3 is 19.5 Å². The zero-order chi connectivity index (χ0) is 20.8. The van der Waals surface area contributed by atoms with Crippen molar-refractivity contribution in [3.05, 3.63) is 36.0 Å². The van der Waals surface area contributed by atoms with Crippen LogP contribution in [0.3, 0.4) is 0 Å². The van der Waals surface area contributed by atoms with Crippen LogP contribution in [0.25, 0.3) is 0 Å². The van der Waals surface area contributed by atoms with Crippen LogP contribution in [0, 0.1) is 6.92 Å². The molecule has 0 saturated heterocycles. The molecule has 2 heterocycles. The lowest BCUT2D eigenvalue weighted by atomic mass is 10.1. The number of thioether (sulfide) groups is 1. The van der Waals surface area contributed by atoms with E-state index in [0.717, 1.165) is 12.8 Å². The van der Waals surface area contributed by atoms with Crippen LogP contribution in [0.2, 0.25) is 0 Å². The maximum Gasteiger partial charge on any atom is 0.263 e. The highest BCUT2D eigenvalue weighted by molar-refractivity contribution is 7.99. The van der Waals surface area contributed by atoms with E-state index in [0.29, 0.717) is 28.9 Å². The first-order valence-electron chi connectivity index (χ1n) is 9.75. The standard InChI is InChI=1S/C20H26N4O4S/c1-4-14(5-2)22-20(26)17-10-24(15-8-6-7-9-16(15)27-17)19(25)12-29-11-18-21-13(3)28-23-18/h6-9,14,17H,4-5,10-12H2,1-3H3,(H,22,26). The molecular weight excluding hydrogens is 392 g/mol. The molecule has 3 rings (SSSR count). The highest BCUT2D eigenvalue weighted by atomic mass is 32.2. The first kappa shape index (κ1) is 21.2. The Balaban J connectivity index is 1.67. The van der Waals surface area contributed by atoms with Crippen LogP contribution in [-0.4, -0.2) is 46.4 Å². The lowest BCUT2D eigenvalue weighted by Crippen LogP contribution is -2.52. The van der Waals surface area contributed by atoms with Crippen molar-refractivity contribution >= 4 is 29.3 Å². The minimum Gasteiger partial charge on any atom is -0.477 e. The van der Waals surface area contributed by atoms with E-state index in [1.54, 1.807) is 17.9 Å². The zero-order valence-electron chi connectivity index (χ0n) is 16.9. The topological polar surface area (TPSA) is 97.6 Å². The number of nitrogens with zero attached hydrogens (tertiary/aromatic N) is 3. The van der Waals surface area contributed by atoms with Crippen molar-refractivity contribution in [1.29, 1.82) is 0 Å². The highest BCUT2D eigenvalue weighted by Gasteiger charge is 2.34. The molecule has 1 unspecified atom stereocenters. The molecule has 0 aliphatic carbocycles. The minimum atomic E-state index is -0.737. The van der Waals surface area contributed by atoms with Crippen molar-refractivity contribution in [2.75, 3.05) is 17.2 Å². The summed E-state index contributed by atoms with van der Waals surface area (Å²) in [5.41, 5.74) is 0.681. The van der Waals surface area contributed by atoms with Crippen LogP contribution in [0.1, 0.15) is 38.4 Å². The molecule has 0 radical (unpaired) electrons. The number of nitrogens with one attached hydrogen (secondary N) is 1. The Kier molecular flexibility index (Phi) is 7.13. The number of hydrogen-bond donors (Lipinski definition) is 1. The Morgan fingerprint density at radius 1 is 1.31 bits per heavy atom. The summed E-state index contributed by atoms with van der Waals surface area (Å²) in [7, 11) is 0. The molecule has 156 valence electrons. The lowest BCUT2D eigenvalue weighted by Gasteiger charge is -2.34. The lowest BCUT2D eigenvalue weighted by molar-refractivity contribution is -0.129. The first-order valence-corrected chi connectivity index (χ1v) is 10.9. The number of anilines is 1. The zero-order valence-corrected chi connectivity index (χ0v) is 17.7. The smallest absolute Gasteiger partial charge is 0.263 e. The molecule has 1 atom stereocenters. The predicted molar refractivity (Wildman–Crippen MR) is 111 cm³/mol. The normalized spacial score (nSPS) is 15.7. The van der Waals surface area contributed by atoms with Crippen LogP contribution >= 0.6 is 11.8 Å². The largest absolute Gasteiger partial charge is 0.477 e. The fourth-order valence-corrected chi connectivity index (χ4v) is 3.83. The van der Waals surface area contributed by atoms with E-state index in [9.17, 15) is 9.59 Å². The highest BCUT2D eigenvalue weighted by Crippen LogP contribution is 2.33. The molecule has 1 N–H and O–H groups in total. The number of ether oxygens (including phenoxy) is 1. The van der Waals surface area contributed by atoms with Crippen molar-refractivity contribution in [3.63, 3.8) is 0 Å². The molecule has 1 aromatic carbocycles. The van der Waals surface area contributed by atoms with Gasteiger partial charge in [-0.15, -0.1) is 11.8 Å². The van der Waals surface area contributed by atoms with E-state index in [1.165, 1.54) is 11.8 Å². The summed E-state index contributed by atoms with van der Waals surface area (Å²) in [6.45, 7) is 5.97. The maximum atomic E-state index is 12.9. The van der Waals surface area contributed by atoms with Crippen LogP contribution in [0.5, 0.6) is 5.75 Å². The average molecular weight is 419 g/mol. The summed E-state index contributed by atoms with van der Waals surface area (Å²) < 4.78 is 10.8. The molecule has 0 bridgehead atoms. The molecule has 9 heteroatoms. The molecule has 1 aliphatic heterocycles. The van der Waals surface area contributed by atoms with Crippen molar-refractivity contribution in [1.82, 2.24) is 15.5 Å². The van der Waals surface area contributed by atoms with Gasteiger partial charge in [0.15, 0.2) is 11.9 Å². The second kappa shape index (κ2) is 9.78. The van der Waals surface area contributed by atoms with E-state index >= 15 is 0 Å². The summed E-state index contributed by atoms with van der Waals surface area (Å²) in [6, 6.07) is 7.39. The van der Waals surface area contributed by atoms with E-state index in [4.69, 9.17) is 9.26 Å². The van der Waals surface area contributed by atoms with Crippen molar-refractivity contribution < 1.29 is 18.8 Å². The molecule has 2 aromatic rings. The van der Waals surface area contributed by atoms with Gasteiger partial charge in [-0.25, -0.2) is 0 Å². The van der Waals surface area contributed by atoms with Gasteiger partial charge >= 0.3 is 0 Å². The quantitative estimate of drug-likeness (QED) is 0.704. The number of carbonyl (C=O) groups is 2. The number of fused-ring (bicyclic) bond motifs is 1. The Morgan fingerprint density at radius 3 is 2.76 bits per heavy atom. The van der Waals surface area contributed by atoms with Gasteiger partial charge in [-0.05, 0) is 25.0 Å². The third-order valence-corrected chi connectivity index (χ3v) is 5.64. The van der Waals surface area contributed by atoms with Crippen LogP contribution in [-0.2, 0) is 15.3 Å². The van der Waals surface area contributed by atoms with Crippen molar-refractivity contribution in [2.24, 2.45) is 0 Å². The van der Waals surface area contributed by atoms with Crippen LogP contribution in [0.15, 0.2) is 28.8 Å². The Bertz CT molecular complexity index is 853. The van der Waals surface area contributed by atoms with Crippen molar-refractivity contribution in [2.45, 2.75) is 51.5 Å². The second-order valence-corrected chi connectivity index (χ2v) is 7.81. The summed E-state index contributed by atoms with van der Waals surface area (Å²) in [5, 5.41) is 6.84. The molecular formula is C20H26N4O4S. The van der Waals surface area contributed by atoms with Gasteiger partial charge in [-0.3, -0.25) is 9.59 Å². The monoisotopic (exact) mass is 418 g/mol. The summed E-state index contributed by atoms with van der Waals surface area (Å²) >= 11 is 1.41. The second-order valence-electron chi connectivity index (χ2n) is 6.82. The van der Waals surface area contributed by atoms with Crippen LogP contribution < -0.4 is 15.0 Å². The maximum absolute atomic E-state index is 12.9. The number of aromatic nitrogens is 2. The number of para-hydroxylation sites is 2. The van der Waals surface area contributed by atoms with Gasteiger partial charge in [-0.2, -0.15) is 4.98 Å². The number of aryl methyl sites for hydroxylation is 1. The number of carbonyl (C=O) groups excluding carboxylic acids is 2. The summed E-state index contributed by atoms with van der Waals surface area (Å²) in [4.78, 5) is 31.4. The summed E-state index contributed by atoms with van der Waals surface area (Å²) in [5.74, 6) is 2.03. The average Bonchev–Trinajstić information content (AvgIpc) is 3.15. The number of rotatable bonds is 8. The Hall–Kier alpha value is -2.55. The molecule has 1 aromatic heterocycles. The third kappa shape index (κ3) is 5.29. The molecule has 0 saturated carbocycles. The van der Waals surface area contributed by atoms with Gasteiger partial charge in [0.2, 0.25) is 11.8 Å². The molecule has 29 heavy (non-hydrogen) atoms. The van der Waals surface area contributed by atoms with E-state index < -0.39 is 6.10 Å². The van der Waals surface area contributed by atoms with Crippen molar-refractivity contribution in [3.8, 4) is 5.75 Å². The van der Waals surface area contributed by atoms with Gasteiger partial charge in [0.1, 0.15) is 5.75 Å². The number of benzene rings is 1. The predicted octanol–water partition coefficient (Wildman–Crippen LogP) is 2.71. The number of hydrogen-bond acceptors (Lipinski definition) is 7. The minimum absolute atomic E-state index is 0.0914. The summed E-state index contributed by atoms with van der Waals surface area (Å²) in [6.07, 6.45) is 0.958.